The number of benzene rings is 6. The summed E-state index contributed by atoms with van der Waals surface area (Å²) >= 11 is 0. The average molecular weight is 694 g/mol. The van der Waals surface area contributed by atoms with Crippen molar-refractivity contribution < 1.29 is 13.0 Å². The van der Waals surface area contributed by atoms with Gasteiger partial charge in [-0.25, -0.2) is 0 Å². The monoisotopic (exact) mass is 693 g/mol. The van der Waals surface area contributed by atoms with Crippen LogP contribution in [0.5, 0.6) is 0 Å². The van der Waals surface area contributed by atoms with Gasteiger partial charge in [0.15, 0.2) is 0 Å². The molecular weight excluding hydrogens is 647 g/mol. The summed E-state index contributed by atoms with van der Waals surface area (Å²) in [5.74, 6) is 0.317. The molecule has 51 heavy (non-hydrogen) atoms. The summed E-state index contributed by atoms with van der Waals surface area (Å²) in [6.45, 7) is 11.0. The van der Waals surface area contributed by atoms with Crippen molar-refractivity contribution in [1.82, 2.24) is 0 Å². The van der Waals surface area contributed by atoms with Crippen LogP contribution in [0.2, 0.25) is 0 Å². The second kappa shape index (κ2) is 15.5. The fraction of sp³-hybridized carbons (Fsp3) is 0.217. The zero-order valence-corrected chi connectivity index (χ0v) is 30.9. The zero-order chi connectivity index (χ0) is 36.1. The maximum Gasteiger partial charge on any atom is 0.294 e. The smallest absolute Gasteiger partial charge is 0.294 e. The molecule has 0 bridgehead atoms. The first-order valence-electron chi connectivity index (χ1n) is 17.8. The molecule has 260 valence electrons. The largest absolute Gasteiger partial charge is 0.355 e. The van der Waals surface area contributed by atoms with Gasteiger partial charge in [-0.15, -0.1) is 0 Å². The van der Waals surface area contributed by atoms with Gasteiger partial charge in [0.1, 0.15) is 0 Å². The van der Waals surface area contributed by atoms with Crippen molar-refractivity contribution >= 4 is 21.5 Å². The number of rotatable bonds is 12. The summed E-state index contributed by atoms with van der Waals surface area (Å²) < 4.78 is 36.3. The van der Waals surface area contributed by atoms with Gasteiger partial charge < -0.3 is 5.32 Å². The molecular formula is C46H47NO3S. The highest BCUT2D eigenvalue weighted by Crippen LogP contribution is 2.42. The van der Waals surface area contributed by atoms with Crippen molar-refractivity contribution in [1.29, 1.82) is 0 Å². The van der Waals surface area contributed by atoms with E-state index in [2.05, 4.69) is 125 Å². The van der Waals surface area contributed by atoms with E-state index in [1.54, 1.807) is 6.07 Å². The summed E-state index contributed by atoms with van der Waals surface area (Å²) in [4.78, 5) is -0.0927. The van der Waals surface area contributed by atoms with E-state index in [0.29, 0.717) is 17.4 Å². The molecule has 0 radical (unpaired) electrons. The highest BCUT2D eigenvalue weighted by Gasteiger charge is 2.28. The Morgan fingerprint density at radius 3 is 1.59 bits per heavy atom. The molecule has 1 atom stereocenters. The van der Waals surface area contributed by atoms with Gasteiger partial charge in [0, 0.05) is 17.3 Å². The number of hydrogen-bond donors (Lipinski definition) is 2. The third-order valence-electron chi connectivity index (χ3n) is 9.78. The summed E-state index contributed by atoms with van der Waals surface area (Å²) in [6.07, 6.45) is 1.56. The molecule has 6 aromatic rings. The highest BCUT2D eigenvalue weighted by molar-refractivity contribution is 7.85. The van der Waals surface area contributed by atoms with Crippen LogP contribution in [0.25, 0.3) is 0 Å². The maximum atomic E-state index is 12.9. The molecule has 2 N–H and O–H groups in total. The van der Waals surface area contributed by atoms with Crippen molar-refractivity contribution in [3.63, 3.8) is 0 Å². The Hall–Kier alpha value is -4.97. The number of nitrogens with one attached hydrogen (secondary N) is 1. The third kappa shape index (κ3) is 8.33. The van der Waals surface area contributed by atoms with Gasteiger partial charge in [-0.05, 0) is 112 Å². The number of anilines is 2. The first-order valence-corrected chi connectivity index (χ1v) is 19.2. The first kappa shape index (κ1) is 35.8. The van der Waals surface area contributed by atoms with Gasteiger partial charge >= 0.3 is 0 Å². The van der Waals surface area contributed by atoms with Gasteiger partial charge in [-0.3, -0.25) is 4.55 Å². The van der Waals surface area contributed by atoms with Gasteiger partial charge in [0.2, 0.25) is 0 Å². The molecule has 0 aromatic heterocycles. The van der Waals surface area contributed by atoms with Crippen LogP contribution in [0.4, 0.5) is 11.4 Å². The minimum Gasteiger partial charge on any atom is -0.355 e. The molecule has 0 aliphatic carbocycles. The van der Waals surface area contributed by atoms with Crippen LogP contribution in [-0.4, -0.2) is 13.0 Å². The van der Waals surface area contributed by atoms with E-state index in [1.807, 2.05) is 42.5 Å². The lowest BCUT2D eigenvalue weighted by Crippen LogP contribution is -2.13. The lowest BCUT2D eigenvalue weighted by molar-refractivity contribution is 0.482. The maximum absolute atomic E-state index is 12.9. The van der Waals surface area contributed by atoms with Crippen LogP contribution in [0.15, 0.2) is 144 Å². The fourth-order valence-corrected chi connectivity index (χ4v) is 8.07. The van der Waals surface area contributed by atoms with E-state index in [0.717, 1.165) is 46.5 Å². The molecule has 0 saturated carbocycles. The van der Waals surface area contributed by atoms with Crippen LogP contribution >= 0.6 is 0 Å². The zero-order valence-electron chi connectivity index (χ0n) is 30.1. The standard InChI is InChI=1S/C46H47NO3S/c1-31(2)39-19-11-9-15-36(39)28-34-23-25-41(33(5)27-34)46(43-21-13-14-22-45(43)51(48,49)50)42-26-24-35(29-37-16-10-12-20-40(37)32(3)4)30-44(42)47-38-17-7-6-8-18-38/h6-27,30-32,46-47H,28-29H2,1-5H3,(H,48,49,50). The second-order valence-corrected chi connectivity index (χ2v) is 15.5. The fourth-order valence-electron chi connectivity index (χ4n) is 7.34. The topological polar surface area (TPSA) is 66.4 Å². The molecule has 0 aliphatic rings. The first-order chi connectivity index (χ1) is 24.5. The summed E-state index contributed by atoms with van der Waals surface area (Å²) in [7, 11) is -4.52. The van der Waals surface area contributed by atoms with Gasteiger partial charge in [0.25, 0.3) is 10.1 Å². The number of aryl methyl sites for hydroxylation is 1. The third-order valence-corrected chi connectivity index (χ3v) is 10.7. The molecule has 5 heteroatoms. The minimum absolute atomic E-state index is 0.0927. The van der Waals surface area contributed by atoms with Crippen LogP contribution in [-0.2, 0) is 23.0 Å². The predicted molar refractivity (Wildman–Crippen MR) is 211 cm³/mol. The molecule has 6 aromatic carbocycles. The molecule has 0 aliphatic heterocycles. The van der Waals surface area contributed by atoms with E-state index in [-0.39, 0.29) is 4.90 Å². The van der Waals surface area contributed by atoms with Gasteiger partial charge in [-0.1, -0.05) is 143 Å². The van der Waals surface area contributed by atoms with Crippen molar-refractivity contribution in [3.8, 4) is 0 Å². The Balaban J connectivity index is 1.52. The van der Waals surface area contributed by atoms with Gasteiger partial charge in [0.05, 0.1) is 4.90 Å². The highest BCUT2D eigenvalue weighted by atomic mass is 32.2. The number of hydrogen-bond acceptors (Lipinski definition) is 3. The Bertz CT molecular complexity index is 2240. The molecule has 0 fully saturated rings. The summed E-state index contributed by atoms with van der Waals surface area (Å²) in [6, 6.07) is 47.0. The van der Waals surface area contributed by atoms with E-state index in [9.17, 15) is 13.0 Å². The van der Waals surface area contributed by atoms with Crippen molar-refractivity contribution in [2.24, 2.45) is 0 Å². The van der Waals surface area contributed by atoms with Crippen molar-refractivity contribution in [2.45, 2.75) is 70.1 Å². The molecule has 0 saturated heterocycles. The van der Waals surface area contributed by atoms with E-state index < -0.39 is 16.0 Å². The van der Waals surface area contributed by atoms with E-state index >= 15 is 0 Å². The predicted octanol–water partition coefficient (Wildman–Crippen LogP) is 11.6. The Kier molecular flexibility index (Phi) is 10.9. The normalized spacial score (nSPS) is 12.3. The van der Waals surface area contributed by atoms with Crippen LogP contribution in [0.1, 0.15) is 101 Å². The lowest BCUT2D eigenvalue weighted by atomic mass is 9.80. The lowest BCUT2D eigenvalue weighted by Gasteiger charge is -2.26. The van der Waals surface area contributed by atoms with Crippen molar-refractivity contribution in [2.75, 3.05) is 5.32 Å². The van der Waals surface area contributed by atoms with E-state index in [4.69, 9.17) is 0 Å². The molecule has 0 heterocycles. The molecule has 0 spiro atoms. The average Bonchev–Trinajstić information content (AvgIpc) is 3.10. The Morgan fingerprint density at radius 1 is 0.549 bits per heavy atom. The Morgan fingerprint density at radius 2 is 1.04 bits per heavy atom. The number of para-hydroxylation sites is 1. The summed E-state index contributed by atoms with van der Waals surface area (Å²) in [5.41, 5.74) is 12.8. The molecule has 1 unspecified atom stereocenters. The molecule has 4 nitrogen and oxygen atoms in total. The van der Waals surface area contributed by atoms with Crippen molar-refractivity contribution in [3.05, 3.63) is 195 Å². The van der Waals surface area contributed by atoms with Crippen LogP contribution in [0.3, 0.4) is 0 Å². The van der Waals surface area contributed by atoms with E-state index in [1.165, 1.54) is 33.9 Å². The Labute approximate surface area is 304 Å². The second-order valence-electron chi connectivity index (χ2n) is 14.1. The SMILES string of the molecule is Cc1cc(Cc2ccccc2C(C)C)ccc1C(c1ccc(Cc2ccccc2C(C)C)cc1Nc1ccccc1)c1ccccc1S(=O)(=O)O. The van der Waals surface area contributed by atoms with Crippen LogP contribution < -0.4 is 5.32 Å². The minimum atomic E-state index is -4.52. The summed E-state index contributed by atoms with van der Waals surface area (Å²) in [5, 5.41) is 3.68. The molecule has 0 amide bonds. The quantitative estimate of drug-likeness (QED) is 0.0989. The van der Waals surface area contributed by atoms with Crippen LogP contribution in [0, 0.1) is 6.92 Å². The molecule has 6 rings (SSSR count). The van der Waals surface area contributed by atoms with Gasteiger partial charge in [-0.2, -0.15) is 8.42 Å².